The highest BCUT2D eigenvalue weighted by molar-refractivity contribution is 7.18. The molecule has 2 fully saturated rings. The van der Waals surface area contributed by atoms with Crippen LogP contribution in [-0.4, -0.2) is 52.5 Å². The molecule has 142 valence electrons. The van der Waals surface area contributed by atoms with Crippen LogP contribution in [0, 0.1) is 19.8 Å². The van der Waals surface area contributed by atoms with Crippen LogP contribution in [0.5, 0.6) is 0 Å². The first-order valence-corrected chi connectivity index (χ1v) is 10.9. The minimum absolute atomic E-state index is 0.0165. The summed E-state index contributed by atoms with van der Waals surface area (Å²) in [6.07, 6.45) is 7.13. The number of hydrogen-bond acceptors (Lipinski definition) is 5. The molecule has 2 aromatic rings. The summed E-state index contributed by atoms with van der Waals surface area (Å²) in [5, 5.41) is 0.772. The van der Waals surface area contributed by atoms with Crippen LogP contribution in [0.3, 0.4) is 0 Å². The lowest BCUT2D eigenvalue weighted by atomic mass is 9.89. The first kappa shape index (κ1) is 18.1. The van der Waals surface area contributed by atoms with Gasteiger partial charge in [-0.05, 0) is 38.2 Å². The van der Waals surface area contributed by atoms with Crippen LogP contribution >= 0.6 is 11.3 Å². The fourth-order valence-electron chi connectivity index (χ4n) is 4.45. The molecule has 1 saturated carbocycles. The Morgan fingerprint density at radius 1 is 1.08 bits per heavy atom. The Labute approximate surface area is 159 Å². The minimum atomic E-state index is 0.0165. The van der Waals surface area contributed by atoms with Gasteiger partial charge in [0.05, 0.1) is 11.9 Å². The van der Waals surface area contributed by atoms with Gasteiger partial charge in [0.15, 0.2) is 0 Å². The predicted molar refractivity (Wildman–Crippen MR) is 108 cm³/mol. The number of nitrogens with zero attached hydrogens (tertiary/aromatic N) is 3. The van der Waals surface area contributed by atoms with E-state index in [0.29, 0.717) is 0 Å². The first-order valence-electron chi connectivity index (χ1n) is 10.0. The molecule has 3 heterocycles. The van der Waals surface area contributed by atoms with Gasteiger partial charge in [-0.25, -0.2) is 4.98 Å². The number of fused-ring (bicyclic) bond motifs is 1. The molecule has 1 N–H and O–H groups in total. The molecule has 0 spiro atoms. The van der Waals surface area contributed by atoms with Crippen molar-refractivity contribution >= 4 is 21.6 Å². The molecule has 4 rings (SSSR count). The molecule has 0 radical (unpaired) electrons. The van der Waals surface area contributed by atoms with Gasteiger partial charge in [-0.1, -0.05) is 19.3 Å². The largest absolute Gasteiger partial charge is 0.309 e. The Balaban J connectivity index is 1.35. The van der Waals surface area contributed by atoms with Crippen LogP contribution in [0.2, 0.25) is 0 Å². The highest BCUT2D eigenvalue weighted by Gasteiger charge is 2.22. The molecule has 0 aromatic carbocycles. The molecule has 0 unspecified atom stereocenters. The van der Waals surface area contributed by atoms with E-state index in [1.165, 1.54) is 43.5 Å². The van der Waals surface area contributed by atoms with Crippen molar-refractivity contribution in [2.75, 3.05) is 32.7 Å². The summed E-state index contributed by atoms with van der Waals surface area (Å²) in [6.45, 7) is 10.5. The second kappa shape index (κ2) is 7.79. The van der Waals surface area contributed by atoms with Crippen LogP contribution in [0.1, 0.15) is 48.4 Å². The van der Waals surface area contributed by atoms with Crippen molar-refractivity contribution in [2.45, 2.75) is 52.5 Å². The molecule has 2 aromatic heterocycles. The fraction of sp³-hybridized carbons (Fsp3) is 0.700. The fourth-order valence-corrected chi connectivity index (χ4v) is 5.50. The molecule has 6 heteroatoms. The van der Waals surface area contributed by atoms with Gasteiger partial charge in [-0.3, -0.25) is 9.69 Å². The Hall–Kier alpha value is -1.24. The molecule has 0 atom stereocenters. The zero-order valence-corrected chi connectivity index (χ0v) is 16.8. The molecule has 5 nitrogen and oxygen atoms in total. The van der Waals surface area contributed by atoms with E-state index < -0.39 is 0 Å². The van der Waals surface area contributed by atoms with E-state index in [0.717, 1.165) is 60.2 Å². The van der Waals surface area contributed by atoms with Crippen molar-refractivity contribution in [1.82, 2.24) is 19.8 Å². The zero-order chi connectivity index (χ0) is 18.1. The summed E-state index contributed by atoms with van der Waals surface area (Å²) in [5.41, 5.74) is 1.09. The summed E-state index contributed by atoms with van der Waals surface area (Å²) >= 11 is 1.63. The molecule has 26 heavy (non-hydrogen) atoms. The van der Waals surface area contributed by atoms with Crippen molar-refractivity contribution < 1.29 is 0 Å². The van der Waals surface area contributed by atoms with Crippen molar-refractivity contribution in [2.24, 2.45) is 5.92 Å². The monoisotopic (exact) mass is 374 g/mol. The number of aryl methyl sites for hydroxylation is 2. The second-order valence-corrected chi connectivity index (χ2v) is 9.26. The summed E-state index contributed by atoms with van der Waals surface area (Å²) in [6, 6.07) is 0. The van der Waals surface area contributed by atoms with E-state index in [2.05, 4.69) is 21.7 Å². The lowest BCUT2D eigenvalue weighted by Gasteiger charge is -2.37. The maximum absolute atomic E-state index is 12.4. The number of aromatic nitrogens is 2. The normalized spacial score (nSPS) is 20.8. The Morgan fingerprint density at radius 3 is 2.50 bits per heavy atom. The number of thiophene rings is 1. The number of H-pyrrole nitrogens is 1. The third kappa shape index (κ3) is 3.87. The number of piperazine rings is 1. The molecule has 2 aliphatic rings. The van der Waals surface area contributed by atoms with Gasteiger partial charge >= 0.3 is 0 Å². The minimum Gasteiger partial charge on any atom is -0.309 e. The molecule has 1 saturated heterocycles. The summed E-state index contributed by atoms with van der Waals surface area (Å²) in [4.78, 5) is 27.3. The SMILES string of the molecule is Cc1sc2nc(CN3CCN(CC4CCCCC4)CC3)[nH]c(=O)c2c1C. The lowest BCUT2D eigenvalue weighted by Crippen LogP contribution is -2.47. The third-order valence-electron chi connectivity index (χ3n) is 6.17. The average molecular weight is 375 g/mol. The molecular formula is C20H30N4OS. The molecule has 0 amide bonds. The van der Waals surface area contributed by atoms with Gasteiger partial charge in [-0.15, -0.1) is 11.3 Å². The van der Waals surface area contributed by atoms with Crippen LogP contribution < -0.4 is 5.56 Å². The highest BCUT2D eigenvalue weighted by Crippen LogP contribution is 2.26. The zero-order valence-electron chi connectivity index (χ0n) is 16.0. The van der Waals surface area contributed by atoms with Crippen molar-refractivity contribution in [3.05, 3.63) is 26.6 Å². The van der Waals surface area contributed by atoms with Crippen LogP contribution in [-0.2, 0) is 6.54 Å². The topological polar surface area (TPSA) is 52.2 Å². The molecular weight excluding hydrogens is 344 g/mol. The maximum Gasteiger partial charge on any atom is 0.259 e. The van der Waals surface area contributed by atoms with E-state index in [9.17, 15) is 4.79 Å². The number of rotatable bonds is 4. The first-order chi connectivity index (χ1) is 12.6. The van der Waals surface area contributed by atoms with Gasteiger partial charge < -0.3 is 9.88 Å². The standard InChI is InChI=1S/C20H30N4OS/c1-14-15(2)26-20-18(14)19(25)21-17(22-20)13-24-10-8-23(9-11-24)12-16-6-4-3-5-7-16/h16H,3-13H2,1-2H3,(H,21,22,25). The smallest absolute Gasteiger partial charge is 0.259 e. The number of hydrogen-bond donors (Lipinski definition) is 1. The Bertz CT molecular complexity index is 813. The van der Waals surface area contributed by atoms with Gasteiger partial charge in [-0.2, -0.15) is 0 Å². The molecule has 0 bridgehead atoms. The number of nitrogens with one attached hydrogen (secondary N) is 1. The summed E-state index contributed by atoms with van der Waals surface area (Å²) < 4.78 is 0. The van der Waals surface area contributed by atoms with Gasteiger partial charge in [0, 0.05) is 37.6 Å². The predicted octanol–water partition coefficient (Wildman–Crippen LogP) is 3.30. The van der Waals surface area contributed by atoms with Gasteiger partial charge in [0.2, 0.25) is 0 Å². The third-order valence-corrected chi connectivity index (χ3v) is 7.27. The van der Waals surface area contributed by atoms with Gasteiger partial charge in [0.1, 0.15) is 10.7 Å². The van der Waals surface area contributed by atoms with E-state index in [-0.39, 0.29) is 5.56 Å². The van der Waals surface area contributed by atoms with Gasteiger partial charge in [0.25, 0.3) is 5.56 Å². The summed E-state index contributed by atoms with van der Waals surface area (Å²) in [5.74, 6) is 1.73. The van der Waals surface area contributed by atoms with Crippen LogP contribution in [0.15, 0.2) is 4.79 Å². The van der Waals surface area contributed by atoms with E-state index in [1.54, 1.807) is 11.3 Å². The van der Waals surface area contributed by atoms with E-state index >= 15 is 0 Å². The van der Waals surface area contributed by atoms with Crippen LogP contribution in [0.4, 0.5) is 0 Å². The average Bonchev–Trinajstić information content (AvgIpc) is 2.92. The maximum atomic E-state index is 12.4. The quantitative estimate of drug-likeness (QED) is 0.892. The highest BCUT2D eigenvalue weighted by atomic mass is 32.1. The molecule has 1 aliphatic heterocycles. The van der Waals surface area contributed by atoms with Crippen LogP contribution in [0.25, 0.3) is 10.2 Å². The van der Waals surface area contributed by atoms with Crippen molar-refractivity contribution in [3.8, 4) is 0 Å². The van der Waals surface area contributed by atoms with Crippen molar-refractivity contribution in [1.29, 1.82) is 0 Å². The number of aromatic amines is 1. The lowest BCUT2D eigenvalue weighted by molar-refractivity contribution is 0.104. The summed E-state index contributed by atoms with van der Waals surface area (Å²) in [7, 11) is 0. The second-order valence-electron chi connectivity index (χ2n) is 8.06. The Kier molecular flexibility index (Phi) is 5.43. The van der Waals surface area contributed by atoms with Crippen molar-refractivity contribution in [3.63, 3.8) is 0 Å². The van der Waals surface area contributed by atoms with E-state index in [4.69, 9.17) is 4.98 Å². The van der Waals surface area contributed by atoms with E-state index in [1.807, 2.05) is 6.92 Å². The Morgan fingerprint density at radius 2 is 1.77 bits per heavy atom. The molecule has 1 aliphatic carbocycles.